The minimum Gasteiger partial charge on any atom is -0.482 e. The Morgan fingerprint density at radius 1 is 1.33 bits per heavy atom. The van der Waals surface area contributed by atoms with E-state index in [1.807, 2.05) is 25.1 Å². The molecule has 24 heavy (non-hydrogen) atoms. The molecule has 0 spiro atoms. The lowest BCUT2D eigenvalue weighted by Gasteiger charge is -2.21. The number of benzene rings is 1. The van der Waals surface area contributed by atoms with Gasteiger partial charge in [0, 0.05) is 0 Å². The van der Waals surface area contributed by atoms with Gasteiger partial charge in [0.1, 0.15) is 11.6 Å². The van der Waals surface area contributed by atoms with Gasteiger partial charge in [0.2, 0.25) is 0 Å². The molecule has 124 valence electrons. The maximum Gasteiger partial charge on any atom is 0.358 e. The van der Waals surface area contributed by atoms with Crippen LogP contribution >= 0.6 is 0 Å². The minimum absolute atomic E-state index is 0.0300. The van der Waals surface area contributed by atoms with Gasteiger partial charge in [-0.2, -0.15) is 0 Å². The molecule has 1 aliphatic heterocycles. The van der Waals surface area contributed by atoms with Crippen molar-refractivity contribution in [3.63, 3.8) is 0 Å². The van der Waals surface area contributed by atoms with Crippen molar-refractivity contribution in [2.45, 2.75) is 13.0 Å². The molecule has 2 heterocycles. The molecule has 1 aliphatic rings. The number of nitrogens with one attached hydrogen (secondary N) is 2. The normalized spacial score (nSPS) is 14.0. The van der Waals surface area contributed by atoms with Crippen molar-refractivity contribution in [1.82, 2.24) is 10.2 Å². The number of fused-ring (bicyclic) bond motifs is 1. The highest BCUT2D eigenvalue weighted by Gasteiger charge is 2.17. The molecule has 3 rings (SSSR count). The second-order valence-corrected chi connectivity index (χ2v) is 5.25. The number of hydrogen-bond acceptors (Lipinski definition) is 7. The Hall–Kier alpha value is -3.16. The van der Waals surface area contributed by atoms with Gasteiger partial charge in [-0.15, -0.1) is 10.2 Å². The molecule has 0 saturated carbocycles. The van der Waals surface area contributed by atoms with E-state index in [4.69, 9.17) is 4.74 Å². The first-order valence-electron chi connectivity index (χ1n) is 7.32. The number of rotatable bonds is 4. The number of hydrogen-bond donors (Lipinski definition) is 2. The number of ether oxygens (including phenoxy) is 2. The van der Waals surface area contributed by atoms with E-state index < -0.39 is 5.97 Å². The summed E-state index contributed by atoms with van der Waals surface area (Å²) in [5.41, 5.74) is 1.73. The monoisotopic (exact) mass is 328 g/mol. The number of anilines is 2. The average Bonchev–Trinajstić information content (AvgIpc) is 2.61. The molecule has 1 atom stereocenters. The summed E-state index contributed by atoms with van der Waals surface area (Å²) in [6.45, 7) is 1.98. The zero-order chi connectivity index (χ0) is 17.1. The van der Waals surface area contributed by atoms with Gasteiger partial charge in [0.25, 0.3) is 5.91 Å². The number of aromatic nitrogens is 2. The fraction of sp³-hybridized carbons (Fsp3) is 0.250. The van der Waals surface area contributed by atoms with E-state index in [2.05, 4.69) is 25.6 Å². The average molecular weight is 328 g/mol. The van der Waals surface area contributed by atoms with Crippen LogP contribution in [0.3, 0.4) is 0 Å². The molecule has 0 fully saturated rings. The van der Waals surface area contributed by atoms with Gasteiger partial charge < -0.3 is 20.1 Å². The summed E-state index contributed by atoms with van der Waals surface area (Å²) >= 11 is 0. The Bertz CT molecular complexity index is 776. The number of methoxy groups -OCH3 is 1. The molecule has 8 nitrogen and oxygen atoms in total. The highest BCUT2D eigenvalue weighted by Crippen LogP contribution is 2.31. The predicted octanol–water partition coefficient (Wildman–Crippen LogP) is 1.77. The van der Waals surface area contributed by atoms with Crippen molar-refractivity contribution >= 4 is 23.4 Å². The summed E-state index contributed by atoms with van der Waals surface area (Å²) in [5, 5.41) is 13.7. The maximum absolute atomic E-state index is 11.4. The third-order valence-electron chi connectivity index (χ3n) is 3.56. The third kappa shape index (κ3) is 3.27. The van der Waals surface area contributed by atoms with E-state index in [1.165, 1.54) is 13.2 Å². The minimum atomic E-state index is -0.535. The standard InChI is InChI=1S/C16H16N4O4/c1-9(17-14-6-4-11(19-20-14)16(22)23-2)10-3-5-13-12(7-10)18-15(21)8-24-13/h3-7,9H,8H2,1-2H3,(H,17,20)(H,18,21)/t9-/m0/s1. The number of carbonyl (C=O) groups is 2. The molecule has 0 aliphatic carbocycles. The maximum atomic E-state index is 11.4. The van der Waals surface area contributed by atoms with Crippen LogP contribution in [-0.2, 0) is 9.53 Å². The van der Waals surface area contributed by atoms with E-state index in [0.717, 1.165) is 5.56 Å². The summed E-state index contributed by atoms with van der Waals surface area (Å²) < 4.78 is 9.92. The molecule has 1 aromatic carbocycles. The van der Waals surface area contributed by atoms with Gasteiger partial charge in [-0.25, -0.2) is 4.79 Å². The van der Waals surface area contributed by atoms with Gasteiger partial charge in [0.15, 0.2) is 12.3 Å². The van der Waals surface area contributed by atoms with E-state index >= 15 is 0 Å². The number of esters is 1. The van der Waals surface area contributed by atoms with Crippen molar-refractivity contribution < 1.29 is 19.1 Å². The van der Waals surface area contributed by atoms with Crippen molar-refractivity contribution in [2.75, 3.05) is 24.4 Å². The van der Waals surface area contributed by atoms with Crippen molar-refractivity contribution in [2.24, 2.45) is 0 Å². The van der Waals surface area contributed by atoms with Crippen LogP contribution in [0.2, 0.25) is 0 Å². The summed E-state index contributed by atoms with van der Waals surface area (Å²) in [5.74, 6) is 0.456. The molecule has 0 saturated heterocycles. The van der Waals surface area contributed by atoms with Gasteiger partial charge in [-0.3, -0.25) is 4.79 Å². The van der Waals surface area contributed by atoms with Crippen LogP contribution in [-0.4, -0.2) is 35.8 Å². The summed E-state index contributed by atoms with van der Waals surface area (Å²) in [6.07, 6.45) is 0. The van der Waals surface area contributed by atoms with E-state index in [1.54, 1.807) is 6.07 Å². The Morgan fingerprint density at radius 3 is 2.88 bits per heavy atom. The fourth-order valence-corrected chi connectivity index (χ4v) is 2.30. The molecule has 2 N–H and O–H groups in total. The van der Waals surface area contributed by atoms with E-state index in [9.17, 15) is 9.59 Å². The fourth-order valence-electron chi connectivity index (χ4n) is 2.30. The number of amides is 1. The first-order chi connectivity index (χ1) is 11.6. The lowest BCUT2D eigenvalue weighted by molar-refractivity contribution is -0.118. The second-order valence-electron chi connectivity index (χ2n) is 5.25. The van der Waals surface area contributed by atoms with E-state index in [-0.39, 0.29) is 24.2 Å². The quantitative estimate of drug-likeness (QED) is 0.824. The van der Waals surface area contributed by atoms with Crippen LogP contribution in [0.15, 0.2) is 30.3 Å². The molecule has 0 radical (unpaired) electrons. The molecular weight excluding hydrogens is 312 g/mol. The molecule has 0 unspecified atom stereocenters. The van der Waals surface area contributed by atoms with Gasteiger partial charge >= 0.3 is 5.97 Å². The van der Waals surface area contributed by atoms with Gasteiger partial charge in [-0.1, -0.05) is 6.07 Å². The summed E-state index contributed by atoms with van der Waals surface area (Å²) in [6, 6.07) is 8.67. The first-order valence-corrected chi connectivity index (χ1v) is 7.32. The van der Waals surface area contributed by atoms with Crippen molar-refractivity contribution in [1.29, 1.82) is 0 Å². The predicted molar refractivity (Wildman–Crippen MR) is 86.0 cm³/mol. The van der Waals surface area contributed by atoms with Crippen molar-refractivity contribution in [3.8, 4) is 5.75 Å². The van der Waals surface area contributed by atoms with Crippen LogP contribution in [0.5, 0.6) is 5.75 Å². The second kappa shape index (κ2) is 6.53. The van der Waals surface area contributed by atoms with Crippen LogP contribution in [0.4, 0.5) is 11.5 Å². The summed E-state index contributed by atoms with van der Waals surface area (Å²) in [4.78, 5) is 22.7. The Labute approximate surface area is 138 Å². The molecule has 1 amide bonds. The molecule has 1 aromatic heterocycles. The van der Waals surface area contributed by atoms with Crippen LogP contribution in [0, 0.1) is 0 Å². The highest BCUT2D eigenvalue weighted by molar-refractivity contribution is 5.95. The van der Waals surface area contributed by atoms with Crippen LogP contribution in [0.25, 0.3) is 0 Å². The smallest absolute Gasteiger partial charge is 0.358 e. The first kappa shape index (κ1) is 15.7. The largest absolute Gasteiger partial charge is 0.482 e. The van der Waals surface area contributed by atoms with Crippen LogP contribution < -0.4 is 15.4 Å². The molecular formula is C16H16N4O4. The van der Waals surface area contributed by atoms with Gasteiger partial charge in [0.05, 0.1) is 18.8 Å². The van der Waals surface area contributed by atoms with Gasteiger partial charge in [-0.05, 0) is 36.8 Å². The highest BCUT2D eigenvalue weighted by atomic mass is 16.5. The van der Waals surface area contributed by atoms with E-state index in [0.29, 0.717) is 17.3 Å². The molecule has 8 heteroatoms. The Kier molecular flexibility index (Phi) is 4.28. The van der Waals surface area contributed by atoms with Crippen LogP contribution in [0.1, 0.15) is 29.0 Å². The zero-order valence-electron chi connectivity index (χ0n) is 13.2. The molecule has 0 bridgehead atoms. The van der Waals surface area contributed by atoms with Crippen molar-refractivity contribution in [3.05, 3.63) is 41.6 Å². The topological polar surface area (TPSA) is 102 Å². The lowest BCUT2D eigenvalue weighted by Crippen LogP contribution is -2.25. The summed E-state index contributed by atoms with van der Waals surface area (Å²) in [7, 11) is 1.29. The number of carbonyl (C=O) groups excluding carboxylic acids is 2. The molecule has 2 aromatic rings. The third-order valence-corrected chi connectivity index (χ3v) is 3.56. The lowest BCUT2D eigenvalue weighted by atomic mass is 10.1. The Morgan fingerprint density at radius 2 is 2.17 bits per heavy atom. The SMILES string of the molecule is COC(=O)c1ccc(N[C@@H](C)c2ccc3c(c2)NC(=O)CO3)nn1. The number of nitrogens with zero attached hydrogens (tertiary/aromatic N) is 2. The Balaban J connectivity index is 1.73. The zero-order valence-corrected chi connectivity index (χ0v) is 13.2.